The second-order valence-corrected chi connectivity index (χ2v) is 4.70. The lowest BCUT2D eigenvalue weighted by atomic mass is 10.2. The van der Waals surface area contributed by atoms with Gasteiger partial charge in [-0.2, -0.15) is 10.2 Å². The summed E-state index contributed by atoms with van der Waals surface area (Å²) in [4.78, 5) is 22.9. The number of anilines is 1. The minimum atomic E-state index is -1.10. The van der Waals surface area contributed by atoms with Crippen LogP contribution in [0.15, 0.2) is 64.8 Å². The molecule has 0 bridgehead atoms. The number of azo groups is 1. The first-order chi connectivity index (χ1) is 11.0. The minimum absolute atomic E-state index is 0.392. The van der Waals surface area contributed by atoms with E-state index in [1.54, 1.807) is 24.3 Å². The van der Waals surface area contributed by atoms with Gasteiger partial charge in [0.15, 0.2) is 0 Å². The lowest BCUT2D eigenvalue weighted by Crippen LogP contribution is -2.34. The summed E-state index contributed by atoms with van der Waals surface area (Å²) < 4.78 is 0. The molecule has 0 saturated carbocycles. The van der Waals surface area contributed by atoms with E-state index in [9.17, 15) is 9.59 Å². The van der Waals surface area contributed by atoms with E-state index in [0.717, 1.165) is 5.69 Å². The lowest BCUT2D eigenvalue weighted by molar-refractivity contribution is -0.136. The number of carboxylic acid groups (broad SMARTS) is 2. The molecule has 0 fully saturated rings. The Labute approximate surface area is 132 Å². The van der Waals surface area contributed by atoms with Gasteiger partial charge in [0, 0.05) is 5.69 Å². The fraction of sp³-hybridized carbons (Fsp3) is 0.125. The normalized spacial score (nSPS) is 10.6. The molecule has 2 aromatic carbocycles. The summed E-state index contributed by atoms with van der Waals surface area (Å²) >= 11 is 0. The fourth-order valence-corrected chi connectivity index (χ4v) is 1.91. The highest BCUT2D eigenvalue weighted by atomic mass is 16.4. The maximum absolute atomic E-state index is 10.8. The topological polar surface area (TPSA) is 103 Å². The van der Waals surface area contributed by atoms with Crippen LogP contribution in [-0.4, -0.2) is 35.2 Å². The van der Waals surface area contributed by atoms with Crippen molar-refractivity contribution >= 4 is 29.0 Å². The first-order valence-electron chi connectivity index (χ1n) is 6.80. The molecular formula is C16H15N3O4. The first kappa shape index (κ1) is 16.2. The van der Waals surface area contributed by atoms with Crippen LogP contribution in [0.2, 0.25) is 0 Å². The van der Waals surface area contributed by atoms with Gasteiger partial charge >= 0.3 is 11.9 Å². The zero-order valence-corrected chi connectivity index (χ0v) is 12.2. The number of carbonyl (C=O) groups is 2. The van der Waals surface area contributed by atoms with E-state index in [-0.39, 0.29) is 0 Å². The Bertz CT molecular complexity index is 683. The van der Waals surface area contributed by atoms with E-state index in [4.69, 9.17) is 10.2 Å². The predicted molar refractivity (Wildman–Crippen MR) is 84.5 cm³/mol. The van der Waals surface area contributed by atoms with Crippen LogP contribution in [0, 0.1) is 0 Å². The zero-order valence-electron chi connectivity index (χ0n) is 12.2. The van der Waals surface area contributed by atoms with Gasteiger partial charge in [-0.3, -0.25) is 9.59 Å². The van der Waals surface area contributed by atoms with Crippen LogP contribution in [0.3, 0.4) is 0 Å². The van der Waals surface area contributed by atoms with Crippen LogP contribution >= 0.6 is 0 Å². The molecule has 23 heavy (non-hydrogen) atoms. The van der Waals surface area contributed by atoms with E-state index in [2.05, 4.69) is 10.2 Å². The first-order valence-corrected chi connectivity index (χ1v) is 6.80. The molecule has 0 aliphatic heterocycles. The molecule has 7 heteroatoms. The fourth-order valence-electron chi connectivity index (χ4n) is 1.91. The summed E-state index contributed by atoms with van der Waals surface area (Å²) in [5, 5.41) is 25.9. The SMILES string of the molecule is O=C(O)CN(CC(=O)O)c1ccc(N=Nc2ccccc2)cc1. The van der Waals surface area contributed by atoms with E-state index in [0.29, 0.717) is 11.4 Å². The van der Waals surface area contributed by atoms with Crippen molar-refractivity contribution in [2.24, 2.45) is 10.2 Å². The van der Waals surface area contributed by atoms with Gasteiger partial charge in [-0.05, 0) is 36.4 Å². The summed E-state index contributed by atoms with van der Waals surface area (Å²) in [5.74, 6) is -2.20. The number of carboxylic acids is 2. The van der Waals surface area contributed by atoms with Crippen molar-refractivity contribution in [3.8, 4) is 0 Å². The number of nitrogens with zero attached hydrogens (tertiary/aromatic N) is 3. The van der Waals surface area contributed by atoms with Crippen molar-refractivity contribution in [2.45, 2.75) is 0 Å². The molecule has 0 aliphatic rings. The van der Waals surface area contributed by atoms with Crippen molar-refractivity contribution in [3.63, 3.8) is 0 Å². The Morgan fingerprint density at radius 2 is 1.26 bits per heavy atom. The van der Waals surface area contributed by atoms with Gasteiger partial charge in [0.25, 0.3) is 0 Å². The molecule has 7 nitrogen and oxygen atoms in total. The van der Waals surface area contributed by atoms with Gasteiger partial charge in [0.05, 0.1) is 11.4 Å². The van der Waals surface area contributed by atoms with Gasteiger partial charge in [0.2, 0.25) is 0 Å². The molecule has 0 aromatic heterocycles. The molecule has 0 atom stereocenters. The quantitative estimate of drug-likeness (QED) is 0.765. The van der Waals surface area contributed by atoms with Crippen LogP contribution in [0.4, 0.5) is 17.1 Å². The minimum Gasteiger partial charge on any atom is -0.480 e. The third kappa shape index (κ3) is 5.24. The molecule has 0 radical (unpaired) electrons. The Morgan fingerprint density at radius 3 is 1.74 bits per heavy atom. The van der Waals surface area contributed by atoms with Gasteiger partial charge < -0.3 is 15.1 Å². The average Bonchev–Trinajstić information content (AvgIpc) is 2.53. The molecule has 2 N–H and O–H groups in total. The van der Waals surface area contributed by atoms with Crippen LogP contribution in [-0.2, 0) is 9.59 Å². The molecular weight excluding hydrogens is 298 g/mol. The smallest absolute Gasteiger partial charge is 0.323 e. The second kappa shape index (κ2) is 7.69. The number of aliphatic carboxylic acids is 2. The third-order valence-electron chi connectivity index (χ3n) is 2.90. The Hall–Kier alpha value is -3.22. The number of hydrogen-bond acceptors (Lipinski definition) is 5. The van der Waals surface area contributed by atoms with Crippen molar-refractivity contribution < 1.29 is 19.8 Å². The van der Waals surface area contributed by atoms with E-state index < -0.39 is 25.0 Å². The van der Waals surface area contributed by atoms with Gasteiger partial charge in [0.1, 0.15) is 13.1 Å². The highest BCUT2D eigenvalue weighted by molar-refractivity contribution is 5.79. The Balaban J connectivity index is 2.12. The van der Waals surface area contributed by atoms with Crippen molar-refractivity contribution in [2.75, 3.05) is 18.0 Å². The number of rotatable bonds is 7. The largest absolute Gasteiger partial charge is 0.480 e. The second-order valence-electron chi connectivity index (χ2n) is 4.70. The summed E-state index contributed by atoms with van der Waals surface area (Å²) in [5.41, 5.74) is 1.80. The average molecular weight is 313 g/mol. The zero-order chi connectivity index (χ0) is 16.7. The molecule has 0 amide bonds. The molecule has 2 rings (SSSR count). The third-order valence-corrected chi connectivity index (χ3v) is 2.90. The van der Waals surface area contributed by atoms with Crippen molar-refractivity contribution in [1.29, 1.82) is 0 Å². The molecule has 0 spiro atoms. The molecule has 0 unspecified atom stereocenters. The monoisotopic (exact) mass is 313 g/mol. The maximum atomic E-state index is 10.8. The van der Waals surface area contributed by atoms with E-state index in [1.165, 1.54) is 4.90 Å². The van der Waals surface area contributed by atoms with Crippen LogP contribution in [0.5, 0.6) is 0 Å². The van der Waals surface area contributed by atoms with E-state index in [1.807, 2.05) is 30.3 Å². The number of hydrogen-bond donors (Lipinski definition) is 2. The van der Waals surface area contributed by atoms with Crippen molar-refractivity contribution in [3.05, 3.63) is 54.6 Å². The standard InChI is InChI=1S/C16H15N3O4/c20-15(21)10-19(11-16(22)23)14-8-6-13(7-9-14)18-17-12-4-2-1-3-5-12/h1-9H,10-11H2,(H,20,21)(H,22,23). The van der Waals surface area contributed by atoms with E-state index >= 15 is 0 Å². The Kier molecular flexibility index (Phi) is 5.40. The molecule has 0 aliphatic carbocycles. The van der Waals surface area contributed by atoms with Crippen LogP contribution in [0.25, 0.3) is 0 Å². The van der Waals surface area contributed by atoms with Gasteiger partial charge in [-0.1, -0.05) is 18.2 Å². The summed E-state index contributed by atoms with van der Waals surface area (Å²) in [6, 6.07) is 15.8. The molecule has 118 valence electrons. The number of benzene rings is 2. The highest BCUT2D eigenvalue weighted by Crippen LogP contribution is 2.22. The summed E-state index contributed by atoms with van der Waals surface area (Å²) in [6.45, 7) is -0.783. The maximum Gasteiger partial charge on any atom is 0.323 e. The van der Waals surface area contributed by atoms with Crippen LogP contribution in [0.1, 0.15) is 0 Å². The highest BCUT2D eigenvalue weighted by Gasteiger charge is 2.14. The summed E-state index contributed by atoms with van der Waals surface area (Å²) in [6.07, 6.45) is 0. The van der Waals surface area contributed by atoms with Gasteiger partial charge in [-0.25, -0.2) is 0 Å². The molecule has 0 heterocycles. The molecule has 2 aromatic rings. The van der Waals surface area contributed by atoms with Crippen molar-refractivity contribution in [1.82, 2.24) is 0 Å². The summed E-state index contributed by atoms with van der Waals surface area (Å²) in [7, 11) is 0. The van der Waals surface area contributed by atoms with Crippen LogP contribution < -0.4 is 4.90 Å². The molecule has 0 saturated heterocycles. The Morgan fingerprint density at radius 1 is 0.783 bits per heavy atom. The lowest BCUT2D eigenvalue weighted by Gasteiger charge is -2.20. The van der Waals surface area contributed by atoms with Gasteiger partial charge in [-0.15, -0.1) is 0 Å². The predicted octanol–water partition coefficient (Wildman–Crippen LogP) is 3.08.